The number of amidine groups is 1. The molecule has 1 saturated heterocycles. The predicted octanol–water partition coefficient (Wildman–Crippen LogP) is 2.38. The molecule has 0 aromatic heterocycles. The van der Waals surface area contributed by atoms with Crippen molar-refractivity contribution < 1.29 is 9.59 Å². The Balaban J connectivity index is 1.65. The van der Waals surface area contributed by atoms with E-state index in [1.807, 2.05) is 23.1 Å². The van der Waals surface area contributed by atoms with Crippen molar-refractivity contribution in [1.29, 1.82) is 0 Å². The molecule has 2 heterocycles. The Kier molecular flexibility index (Phi) is 5.04. The summed E-state index contributed by atoms with van der Waals surface area (Å²) >= 11 is 1.42. The lowest BCUT2D eigenvalue weighted by Gasteiger charge is -2.34. The standard InChI is InChI=1S/C18H21N3O2S/c1-3-14-4-6-15(7-5-14)12-16-17(23)19-18(24-16)21-10-8-20(9-11-21)13(2)22/h4-7,12H,3,8-11H2,1-2H3. The van der Waals surface area contributed by atoms with Crippen molar-refractivity contribution in [2.45, 2.75) is 20.3 Å². The van der Waals surface area contributed by atoms with Crippen molar-refractivity contribution in [3.05, 3.63) is 40.3 Å². The topological polar surface area (TPSA) is 53.0 Å². The van der Waals surface area contributed by atoms with E-state index in [2.05, 4.69) is 28.9 Å². The average Bonchev–Trinajstić information content (AvgIpc) is 2.96. The van der Waals surface area contributed by atoms with Gasteiger partial charge in [0.05, 0.1) is 4.91 Å². The van der Waals surface area contributed by atoms with E-state index >= 15 is 0 Å². The van der Waals surface area contributed by atoms with E-state index in [0.29, 0.717) is 18.0 Å². The predicted molar refractivity (Wildman–Crippen MR) is 97.7 cm³/mol. The summed E-state index contributed by atoms with van der Waals surface area (Å²) in [6.07, 6.45) is 2.90. The highest BCUT2D eigenvalue weighted by atomic mass is 32.2. The fourth-order valence-corrected chi connectivity index (χ4v) is 3.71. The maximum atomic E-state index is 12.2. The Labute approximate surface area is 146 Å². The second-order valence-corrected chi connectivity index (χ2v) is 6.91. The van der Waals surface area contributed by atoms with Gasteiger partial charge < -0.3 is 9.80 Å². The summed E-state index contributed by atoms with van der Waals surface area (Å²) in [4.78, 5) is 32.3. The van der Waals surface area contributed by atoms with Gasteiger partial charge in [-0.15, -0.1) is 0 Å². The molecule has 0 spiro atoms. The monoisotopic (exact) mass is 343 g/mol. The quantitative estimate of drug-likeness (QED) is 0.774. The molecule has 2 aliphatic rings. The Morgan fingerprint density at radius 3 is 2.46 bits per heavy atom. The summed E-state index contributed by atoms with van der Waals surface area (Å²) in [6, 6.07) is 8.23. The molecular weight excluding hydrogens is 322 g/mol. The van der Waals surface area contributed by atoms with Crippen molar-refractivity contribution in [3.8, 4) is 0 Å². The van der Waals surface area contributed by atoms with Gasteiger partial charge in [0.2, 0.25) is 5.91 Å². The zero-order valence-corrected chi connectivity index (χ0v) is 14.8. The summed E-state index contributed by atoms with van der Waals surface area (Å²) in [5.41, 5.74) is 2.30. The maximum Gasteiger partial charge on any atom is 0.286 e. The van der Waals surface area contributed by atoms with Crippen LogP contribution in [0.3, 0.4) is 0 Å². The van der Waals surface area contributed by atoms with Crippen LogP contribution in [-0.2, 0) is 16.0 Å². The highest BCUT2D eigenvalue weighted by Crippen LogP contribution is 2.30. The minimum atomic E-state index is -0.177. The van der Waals surface area contributed by atoms with E-state index in [9.17, 15) is 9.59 Å². The van der Waals surface area contributed by atoms with Crippen molar-refractivity contribution in [2.75, 3.05) is 26.2 Å². The van der Waals surface area contributed by atoms with Crippen molar-refractivity contribution in [3.63, 3.8) is 0 Å². The van der Waals surface area contributed by atoms with Gasteiger partial charge in [-0.05, 0) is 35.4 Å². The molecule has 0 saturated carbocycles. The van der Waals surface area contributed by atoms with Gasteiger partial charge >= 0.3 is 0 Å². The molecule has 1 aromatic rings. The molecule has 126 valence electrons. The molecule has 5 nitrogen and oxygen atoms in total. The van der Waals surface area contributed by atoms with Gasteiger partial charge in [0.1, 0.15) is 0 Å². The molecule has 1 aromatic carbocycles. The van der Waals surface area contributed by atoms with Crippen LogP contribution in [0.1, 0.15) is 25.0 Å². The zero-order chi connectivity index (χ0) is 17.1. The van der Waals surface area contributed by atoms with E-state index in [-0.39, 0.29) is 11.8 Å². The highest BCUT2D eigenvalue weighted by Gasteiger charge is 2.28. The molecule has 2 amide bonds. The lowest BCUT2D eigenvalue weighted by molar-refractivity contribution is -0.130. The minimum absolute atomic E-state index is 0.0999. The Morgan fingerprint density at radius 2 is 1.88 bits per heavy atom. The summed E-state index contributed by atoms with van der Waals surface area (Å²) < 4.78 is 0. The normalized spacial score (nSPS) is 19.8. The number of benzene rings is 1. The number of nitrogens with zero attached hydrogens (tertiary/aromatic N) is 3. The summed E-state index contributed by atoms with van der Waals surface area (Å²) in [7, 11) is 0. The molecule has 0 unspecified atom stereocenters. The van der Waals surface area contributed by atoms with Crippen LogP contribution in [0, 0.1) is 0 Å². The first-order valence-electron chi connectivity index (χ1n) is 8.19. The van der Waals surface area contributed by atoms with E-state index < -0.39 is 0 Å². The fraction of sp³-hybridized carbons (Fsp3) is 0.389. The van der Waals surface area contributed by atoms with Gasteiger partial charge in [-0.25, -0.2) is 0 Å². The number of aryl methyl sites for hydroxylation is 1. The number of hydrogen-bond acceptors (Lipinski definition) is 4. The Bertz CT molecular complexity index is 701. The first-order chi connectivity index (χ1) is 11.6. The molecular formula is C18H21N3O2S. The third-order valence-corrected chi connectivity index (χ3v) is 5.33. The minimum Gasteiger partial charge on any atom is -0.347 e. The molecule has 1 fully saturated rings. The largest absolute Gasteiger partial charge is 0.347 e. The zero-order valence-electron chi connectivity index (χ0n) is 14.0. The first kappa shape index (κ1) is 16.8. The summed E-state index contributed by atoms with van der Waals surface area (Å²) in [6.45, 7) is 6.51. The van der Waals surface area contributed by atoms with Crippen molar-refractivity contribution in [1.82, 2.24) is 9.80 Å². The second-order valence-electron chi connectivity index (χ2n) is 5.90. The number of carbonyl (C=O) groups excluding carboxylic acids is 2. The van der Waals surface area contributed by atoms with Crippen LogP contribution < -0.4 is 0 Å². The molecule has 0 atom stereocenters. The number of amides is 2. The van der Waals surface area contributed by atoms with Crippen LogP contribution in [0.15, 0.2) is 34.2 Å². The summed E-state index contributed by atoms with van der Waals surface area (Å²) in [5.74, 6) is -0.0774. The number of aliphatic imine (C=N–C) groups is 1. The SMILES string of the molecule is CCc1ccc(C=C2SC(N3CCN(C(C)=O)CC3)=NC2=O)cc1. The van der Waals surface area contributed by atoms with Gasteiger partial charge in [-0.2, -0.15) is 4.99 Å². The Morgan fingerprint density at radius 1 is 1.21 bits per heavy atom. The van der Waals surface area contributed by atoms with Crippen LogP contribution in [0.25, 0.3) is 6.08 Å². The van der Waals surface area contributed by atoms with E-state index in [1.165, 1.54) is 17.3 Å². The number of rotatable bonds is 2. The fourth-order valence-electron chi connectivity index (χ4n) is 2.75. The molecule has 24 heavy (non-hydrogen) atoms. The van der Waals surface area contributed by atoms with E-state index in [4.69, 9.17) is 0 Å². The molecule has 6 heteroatoms. The van der Waals surface area contributed by atoms with Crippen LogP contribution >= 0.6 is 11.8 Å². The Hall–Kier alpha value is -2.08. The number of piperazine rings is 1. The first-order valence-corrected chi connectivity index (χ1v) is 9.00. The van der Waals surface area contributed by atoms with Gasteiger partial charge in [-0.1, -0.05) is 31.2 Å². The smallest absolute Gasteiger partial charge is 0.286 e. The van der Waals surface area contributed by atoms with Crippen LogP contribution in [0.2, 0.25) is 0 Å². The van der Waals surface area contributed by atoms with Crippen LogP contribution in [0.5, 0.6) is 0 Å². The average molecular weight is 343 g/mol. The van der Waals surface area contributed by atoms with E-state index in [1.54, 1.807) is 6.92 Å². The van der Waals surface area contributed by atoms with Crippen LogP contribution in [0.4, 0.5) is 0 Å². The molecule has 0 radical (unpaired) electrons. The summed E-state index contributed by atoms with van der Waals surface area (Å²) in [5, 5.41) is 0.750. The second kappa shape index (κ2) is 7.21. The van der Waals surface area contributed by atoms with Gasteiger partial charge in [0.25, 0.3) is 5.91 Å². The number of hydrogen-bond donors (Lipinski definition) is 0. The third kappa shape index (κ3) is 3.70. The van der Waals surface area contributed by atoms with Crippen LogP contribution in [-0.4, -0.2) is 53.0 Å². The third-order valence-electron chi connectivity index (χ3n) is 4.29. The van der Waals surface area contributed by atoms with Gasteiger partial charge in [-0.3, -0.25) is 9.59 Å². The molecule has 2 aliphatic heterocycles. The van der Waals surface area contributed by atoms with Crippen molar-refractivity contribution >= 4 is 34.8 Å². The van der Waals surface area contributed by atoms with Gasteiger partial charge in [0.15, 0.2) is 5.17 Å². The number of thioether (sulfide) groups is 1. The highest BCUT2D eigenvalue weighted by molar-refractivity contribution is 8.18. The van der Waals surface area contributed by atoms with Gasteiger partial charge in [0, 0.05) is 33.1 Å². The molecule has 3 rings (SSSR count). The lowest BCUT2D eigenvalue weighted by Crippen LogP contribution is -2.49. The molecule has 0 aliphatic carbocycles. The number of carbonyl (C=O) groups is 2. The van der Waals surface area contributed by atoms with E-state index in [0.717, 1.165) is 30.2 Å². The molecule has 0 N–H and O–H groups in total. The van der Waals surface area contributed by atoms with Crippen molar-refractivity contribution in [2.24, 2.45) is 4.99 Å². The lowest BCUT2D eigenvalue weighted by atomic mass is 10.1. The molecule has 0 bridgehead atoms. The maximum absolute atomic E-state index is 12.2.